The summed E-state index contributed by atoms with van der Waals surface area (Å²) in [4.78, 5) is 7.99. The van der Waals surface area contributed by atoms with Crippen LogP contribution < -0.4 is 0 Å². The van der Waals surface area contributed by atoms with Gasteiger partial charge >= 0.3 is 0 Å². The summed E-state index contributed by atoms with van der Waals surface area (Å²) in [6.45, 7) is 0.216. The van der Waals surface area contributed by atoms with E-state index in [0.717, 1.165) is 35.9 Å². The lowest BCUT2D eigenvalue weighted by Crippen LogP contribution is -2.27. The van der Waals surface area contributed by atoms with E-state index >= 15 is 0 Å². The molecule has 24 heavy (non-hydrogen) atoms. The fraction of sp³-hybridized carbons (Fsp3) is 0.278. The van der Waals surface area contributed by atoms with E-state index in [0.29, 0.717) is 10.7 Å². The van der Waals surface area contributed by atoms with Crippen molar-refractivity contribution in [2.45, 2.75) is 30.7 Å². The summed E-state index contributed by atoms with van der Waals surface area (Å²) >= 11 is 0. The molecule has 0 radical (unpaired) electrons. The second kappa shape index (κ2) is 5.72. The first kappa shape index (κ1) is 15.4. The molecule has 3 aromatic rings. The maximum atomic E-state index is 12.8. The number of benzene rings is 2. The minimum atomic E-state index is -3.52. The van der Waals surface area contributed by atoms with E-state index < -0.39 is 10.0 Å². The molecule has 0 bridgehead atoms. The Hall–Kier alpha value is -2.18. The number of aromatic nitrogens is 2. The van der Waals surface area contributed by atoms with E-state index in [1.54, 1.807) is 13.1 Å². The van der Waals surface area contributed by atoms with E-state index in [-0.39, 0.29) is 6.54 Å². The zero-order chi connectivity index (χ0) is 16.7. The minimum Gasteiger partial charge on any atom is -0.341 e. The second-order valence-corrected chi connectivity index (χ2v) is 8.29. The Morgan fingerprint density at radius 3 is 2.75 bits per heavy atom. The second-order valence-electron chi connectivity index (χ2n) is 6.25. The predicted octanol–water partition coefficient (Wildman–Crippen LogP) is 2.87. The summed E-state index contributed by atoms with van der Waals surface area (Å²) in [5.41, 5.74) is 4.19. The molecule has 1 aliphatic carbocycles. The summed E-state index contributed by atoms with van der Waals surface area (Å²) in [5, 5.41) is 0. The molecular weight excluding hydrogens is 322 g/mol. The van der Waals surface area contributed by atoms with Crippen LogP contribution in [-0.4, -0.2) is 29.7 Å². The standard InChI is InChI=1S/C18H19N3O2S/c1-21(12-18-19-16-7-2-3-8-17(16)20-18)24(22,23)15-10-9-13-5-4-6-14(13)11-15/h2-3,7-11H,4-6,12H2,1H3,(H,19,20). The van der Waals surface area contributed by atoms with Crippen molar-refractivity contribution in [3.63, 3.8) is 0 Å². The van der Waals surface area contributed by atoms with Gasteiger partial charge < -0.3 is 4.98 Å². The van der Waals surface area contributed by atoms with Crippen molar-refractivity contribution in [1.29, 1.82) is 0 Å². The number of hydrogen-bond donors (Lipinski definition) is 1. The van der Waals surface area contributed by atoms with Crippen LogP contribution in [0.3, 0.4) is 0 Å². The van der Waals surface area contributed by atoms with Gasteiger partial charge in [-0.2, -0.15) is 4.31 Å². The highest BCUT2D eigenvalue weighted by Gasteiger charge is 2.24. The Morgan fingerprint density at radius 1 is 1.12 bits per heavy atom. The van der Waals surface area contributed by atoms with Crippen LogP contribution in [0.4, 0.5) is 0 Å². The van der Waals surface area contributed by atoms with Crippen LogP contribution in [0.2, 0.25) is 0 Å². The molecule has 0 amide bonds. The Labute approximate surface area is 141 Å². The molecule has 0 fully saturated rings. The first-order chi connectivity index (χ1) is 11.5. The van der Waals surface area contributed by atoms with E-state index in [1.165, 1.54) is 9.87 Å². The van der Waals surface area contributed by atoms with Gasteiger partial charge in [0.2, 0.25) is 10.0 Å². The summed E-state index contributed by atoms with van der Waals surface area (Å²) in [7, 11) is -1.93. The molecule has 0 aliphatic heterocycles. The molecule has 5 nitrogen and oxygen atoms in total. The molecule has 0 atom stereocenters. The average Bonchev–Trinajstić information content (AvgIpc) is 3.19. The quantitative estimate of drug-likeness (QED) is 0.793. The van der Waals surface area contributed by atoms with Gasteiger partial charge in [0.15, 0.2) is 0 Å². The van der Waals surface area contributed by atoms with Crippen LogP contribution in [0.1, 0.15) is 23.4 Å². The zero-order valence-electron chi connectivity index (χ0n) is 13.5. The third kappa shape index (κ3) is 2.61. The van der Waals surface area contributed by atoms with E-state index in [1.807, 2.05) is 36.4 Å². The van der Waals surface area contributed by atoms with Gasteiger partial charge in [0.1, 0.15) is 5.82 Å². The maximum absolute atomic E-state index is 12.8. The van der Waals surface area contributed by atoms with Gasteiger partial charge in [0, 0.05) is 7.05 Å². The van der Waals surface area contributed by atoms with Crippen molar-refractivity contribution in [2.75, 3.05) is 7.05 Å². The van der Waals surface area contributed by atoms with Crippen molar-refractivity contribution >= 4 is 21.1 Å². The Morgan fingerprint density at radius 2 is 1.92 bits per heavy atom. The average molecular weight is 341 g/mol. The van der Waals surface area contributed by atoms with Crippen LogP contribution in [0.15, 0.2) is 47.4 Å². The molecule has 6 heteroatoms. The fourth-order valence-corrected chi connectivity index (χ4v) is 4.45. The van der Waals surface area contributed by atoms with Crippen LogP contribution in [-0.2, 0) is 29.4 Å². The smallest absolute Gasteiger partial charge is 0.243 e. The largest absolute Gasteiger partial charge is 0.341 e. The number of aryl methyl sites for hydroxylation is 2. The van der Waals surface area contributed by atoms with Crippen LogP contribution in [0, 0.1) is 0 Å². The van der Waals surface area contributed by atoms with E-state index in [2.05, 4.69) is 9.97 Å². The highest BCUT2D eigenvalue weighted by atomic mass is 32.2. The monoisotopic (exact) mass is 341 g/mol. The summed E-state index contributed by atoms with van der Waals surface area (Å²) in [5.74, 6) is 0.642. The van der Waals surface area contributed by atoms with Crippen molar-refractivity contribution < 1.29 is 8.42 Å². The van der Waals surface area contributed by atoms with Gasteiger partial charge in [-0.3, -0.25) is 0 Å². The van der Waals surface area contributed by atoms with Gasteiger partial charge in [-0.15, -0.1) is 0 Å². The number of hydrogen-bond acceptors (Lipinski definition) is 3. The van der Waals surface area contributed by atoms with Gasteiger partial charge in [-0.05, 0) is 54.7 Å². The van der Waals surface area contributed by atoms with Crippen molar-refractivity contribution in [2.24, 2.45) is 0 Å². The number of nitrogens with zero attached hydrogens (tertiary/aromatic N) is 2. The third-order valence-electron chi connectivity index (χ3n) is 4.59. The van der Waals surface area contributed by atoms with E-state index in [9.17, 15) is 8.42 Å². The molecule has 2 aromatic carbocycles. The zero-order valence-corrected chi connectivity index (χ0v) is 14.3. The minimum absolute atomic E-state index is 0.216. The van der Waals surface area contributed by atoms with Crippen LogP contribution in [0.25, 0.3) is 11.0 Å². The normalized spacial score (nSPS) is 14.4. The molecule has 124 valence electrons. The number of imidazole rings is 1. The highest BCUT2D eigenvalue weighted by molar-refractivity contribution is 7.89. The molecule has 0 saturated heterocycles. The number of aromatic amines is 1. The summed E-state index contributed by atoms with van der Waals surface area (Å²) < 4.78 is 27.0. The molecule has 1 N–H and O–H groups in total. The third-order valence-corrected chi connectivity index (χ3v) is 6.39. The van der Waals surface area contributed by atoms with Crippen molar-refractivity contribution in [3.05, 3.63) is 59.4 Å². The molecule has 1 heterocycles. The number of nitrogens with one attached hydrogen (secondary N) is 1. The van der Waals surface area contributed by atoms with Crippen LogP contribution >= 0.6 is 0 Å². The van der Waals surface area contributed by atoms with Gasteiger partial charge in [0.25, 0.3) is 0 Å². The van der Waals surface area contributed by atoms with Crippen molar-refractivity contribution in [3.8, 4) is 0 Å². The molecule has 1 aliphatic rings. The van der Waals surface area contributed by atoms with Crippen LogP contribution in [0.5, 0.6) is 0 Å². The van der Waals surface area contributed by atoms with Gasteiger partial charge in [-0.25, -0.2) is 13.4 Å². The number of rotatable bonds is 4. The maximum Gasteiger partial charge on any atom is 0.243 e. The van der Waals surface area contributed by atoms with Crippen molar-refractivity contribution in [1.82, 2.24) is 14.3 Å². The number of sulfonamides is 1. The lowest BCUT2D eigenvalue weighted by molar-refractivity contribution is 0.458. The number of fused-ring (bicyclic) bond motifs is 2. The Bertz CT molecular complexity index is 975. The number of H-pyrrole nitrogens is 1. The topological polar surface area (TPSA) is 66.1 Å². The first-order valence-corrected chi connectivity index (χ1v) is 9.50. The fourth-order valence-electron chi connectivity index (χ4n) is 3.27. The lowest BCUT2D eigenvalue weighted by atomic mass is 10.1. The molecule has 1 aromatic heterocycles. The molecule has 0 spiro atoms. The summed E-state index contributed by atoms with van der Waals surface area (Å²) in [6, 6.07) is 13.2. The Balaban J connectivity index is 1.61. The lowest BCUT2D eigenvalue weighted by Gasteiger charge is -2.16. The highest BCUT2D eigenvalue weighted by Crippen LogP contribution is 2.26. The summed E-state index contributed by atoms with van der Waals surface area (Å²) in [6.07, 6.45) is 3.12. The van der Waals surface area contributed by atoms with Gasteiger partial charge in [-0.1, -0.05) is 18.2 Å². The predicted molar refractivity (Wildman–Crippen MR) is 93.2 cm³/mol. The molecular formula is C18H19N3O2S. The SMILES string of the molecule is CN(Cc1nc2ccccc2[nH]1)S(=O)(=O)c1ccc2c(c1)CCC2. The molecule has 0 unspecified atom stereocenters. The first-order valence-electron chi connectivity index (χ1n) is 8.06. The molecule has 4 rings (SSSR count). The Kier molecular flexibility index (Phi) is 3.66. The molecule has 0 saturated carbocycles. The number of para-hydroxylation sites is 2. The van der Waals surface area contributed by atoms with E-state index in [4.69, 9.17) is 0 Å². The van der Waals surface area contributed by atoms with Gasteiger partial charge in [0.05, 0.1) is 22.5 Å².